The summed E-state index contributed by atoms with van der Waals surface area (Å²) in [6, 6.07) is 8.20. The van der Waals surface area contributed by atoms with Gasteiger partial charge in [0.25, 0.3) is 0 Å². The first-order chi connectivity index (χ1) is 8.27. The molecule has 0 saturated heterocycles. The molecular weight excluding hydrogens is 296 g/mol. The molecule has 0 amide bonds. The molecule has 0 nitrogen and oxygen atoms in total. The van der Waals surface area contributed by atoms with Crippen molar-refractivity contribution in [2.75, 3.05) is 5.33 Å². The molecule has 2 heteroatoms. The first-order valence-electron chi connectivity index (χ1n) is 6.57. The number of hydrogen-bond donors (Lipinski definition) is 0. The number of rotatable bonds is 8. The van der Waals surface area contributed by atoms with Gasteiger partial charge in [0, 0.05) is 10.4 Å². The van der Waals surface area contributed by atoms with E-state index >= 15 is 0 Å². The zero-order valence-corrected chi connectivity index (χ0v) is 12.9. The third kappa shape index (κ3) is 5.92. The van der Waals surface area contributed by atoms with Crippen LogP contribution in [0.4, 0.5) is 0 Å². The summed E-state index contributed by atoms with van der Waals surface area (Å²) in [5.41, 5.74) is 1.29. The molecule has 96 valence electrons. The molecule has 0 N–H and O–H groups in total. The lowest BCUT2D eigenvalue weighted by Gasteiger charge is -2.14. The van der Waals surface area contributed by atoms with E-state index in [1.807, 2.05) is 12.1 Å². The highest BCUT2D eigenvalue weighted by Gasteiger charge is 2.10. The molecule has 0 bridgehead atoms. The maximum Gasteiger partial charge on any atom is 0.0438 e. The van der Waals surface area contributed by atoms with E-state index in [4.69, 9.17) is 11.6 Å². The monoisotopic (exact) mass is 316 g/mol. The molecule has 1 aromatic rings. The quantitative estimate of drug-likeness (QED) is 0.416. The van der Waals surface area contributed by atoms with E-state index in [-0.39, 0.29) is 0 Å². The van der Waals surface area contributed by atoms with Gasteiger partial charge in [-0.05, 0) is 30.4 Å². The van der Waals surface area contributed by atoms with Crippen LogP contribution in [0.5, 0.6) is 0 Å². The van der Waals surface area contributed by atoms with Crippen molar-refractivity contribution < 1.29 is 0 Å². The van der Waals surface area contributed by atoms with Crippen molar-refractivity contribution in [2.24, 2.45) is 5.92 Å². The summed E-state index contributed by atoms with van der Waals surface area (Å²) in [7, 11) is 0. The average molecular weight is 318 g/mol. The van der Waals surface area contributed by atoms with E-state index in [2.05, 4.69) is 35.0 Å². The molecule has 0 aromatic heterocycles. The molecule has 0 heterocycles. The van der Waals surface area contributed by atoms with Gasteiger partial charge in [0.1, 0.15) is 0 Å². The zero-order valence-electron chi connectivity index (χ0n) is 10.6. The molecule has 0 aliphatic rings. The Morgan fingerprint density at radius 2 is 1.94 bits per heavy atom. The minimum Gasteiger partial charge on any atom is -0.0925 e. The number of halogens is 2. The van der Waals surface area contributed by atoms with Crippen LogP contribution in [0.3, 0.4) is 0 Å². The largest absolute Gasteiger partial charge is 0.0925 e. The molecule has 1 aromatic carbocycles. The van der Waals surface area contributed by atoms with Crippen molar-refractivity contribution in [1.82, 2.24) is 0 Å². The van der Waals surface area contributed by atoms with Crippen LogP contribution in [0.2, 0.25) is 5.02 Å². The van der Waals surface area contributed by atoms with Gasteiger partial charge >= 0.3 is 0 Å². The Bertz CT molecular complexity index is 312. The van der Waals surface area contributed by atoms with E-state index in [1.54, 1.807) is 0 Å². The molecule has 0 aliphatic heterocycles. The molecule has 0 saturated carbocycles. The maximum absolute atomic E-state index is 6.19. The van der Waals surface area contributed by atoms with Gasteiger partial charge in [-0.3, -0.25) is 0 Å². The fourth-order valence-corrected chi connectivity index (χ4v) is 2.83. The van der Waals surface area contributed by atoms with Gasteiger partial charge in [0.2, 0.25) is 0 Å². The summed E-state index contributed by atoms with van der Waals surface area (Å²) in [5, 5.41) is 1.98. The molecule has 0 radical (unpaired) electrons. The van der Waals surface area contributed by atoms with Crippen molar-refractivity contribution in [1.29, 1.82) is 0 Å². The molecule has 0 fully saturated rings. The highest BCUT2D eigenvalue weighted by molar-refractivity contribution is 9.09. The minimum atomic E-state index is 0.715. The van der Waals surface area contributed by atoms with Gasteiger partial charge in [-0.25, -0.2) is 0 Å². The molecule has 1 unspecified atom stereocenters. The van der Waals surface area contributed by atoms with Crippen LogP contribution in [0, 0.1) is 5.92 Å². The smallest absolute Gasteiger partial charge is 0.0438 e. The lowest BCUT2D eigenvalue weighted by atomic mass is 9.95. The van der Waals surface area contributed by atoms with Gasteiger partial charge in [0.05, 0.1) is 0 Å². The van der Waals surface area contributed by atoms with Gasteiger partial charge in [-0.1, -0.05) is 78.3 Å². The lowest BCUT2D eigenvalue weighted by Crippen LogP contribution is -2.06. The van der Waals surface area contributed by atoms with Crippen molar-refractivity contribution in [3.63, 3.8) is 0 Å². The van der Waals surface area contributed by atoms with Crippen LogP contribution in [0.1, 0.15) is 44.6 Å². The lowest BCUT2D eigenvalue weighted by molar-refractivity contribution is 0.496. The Hall–Kier alpha value is -0.0100. The average Bonchev–Trinajstić information content (AvgIpc) is 2.35. The summed E-state index contributed by atoms with van der Waals surface area (Å²) >= 11 is 9.82. The fraction of sp³-hybridized carbons (Fsp3) is 0.600. The van der Waals surface area contributed by atoms with E-state index in [1.165, 1.54) is 37.7 Å². The van der Waals surface area contributed by atoms with Gasteiger partial charge in [0.15, 0.2) is 0 Å². The Kier molecular flexibility index (Phi) is 7.96. The normalized spacial score (nSPS) is 12.6. The van der Waals surface area contributed by atoms with Crippen LogP contribution in [-0.2, 0) is 6.42 Å². The second-order valence-electron chi connectivity index (χ2n) is 4.67. The van der Waals surface area contributed by atoms with Gasteiger partial charge in [-0.15, -0.1) is 0 Å². The Balaban J connectivity index is 2.38. The van der Waals surface area contributed by atoms with E-state index in [9.17, 15) is 0 Å². The molecule has 17 heavy (non-hydrogen) atoms. The number of benzene rings is 1. The van der Waals surface area contributed by atoms with Crippen molar-refractivity contribution >= 4 is 27.5 Å². The second kappa shape index (κ2) is 8.99. The highest BCUT2D eigenvalue weighted by atomic mass is 79.9. The standard InChI is InChI=1S/C15H22BrCl/c1-2-3-4-5-8-13(12-16)11-14-9-6-7-10-15(14)17/h6-7,9-10,13H,2-5,8,11-12H2,1H3. The number of hydrogen-bond acceptors (Lipinski definition) is 0. The zero-order chi connectivity index (χ0) is 12.5. The van der Waals surface area contributed by atoms with E-state index in [0.717, 1.165) is 16.8 Å². The summed E-state index contributed by atoms with van der Waals surface area (Å²) in [6.45, 7) is 2.26. The third-order valence-electron chi connectivity index (χ3n) is 3.15. The number of alkyl halides is 1. The molecular formula is C15H22BrCl. The summed E-state index contributed by atoms with van der Waals surface area (Å²) in [6.07, 6.45) is 7.77. The Labute approximate surface area is 119 Å². The van der Waals surface area contributed by atoms with Crippen molar-refractivity contribution in [3.8, 4) is 0 Å². The van der Waals surface area contributed by atoms with Gasteiger partial charge in [-0.2, -0.15) is 0 Å². The molecule has 1 rings (SSSR count). The Morgan fingerprint density at radius 3 is 2.59 bits per heavy atom. The third-order valence-corrected chi connectivity index (χ3v) is 4.43. The maximum atomic E-state index is 6.19. The van der Waals surface area contributed by atoms with Crippen molar-refractivity contribution in [3.05, 3.63) is 34.9 Å². The van der Waals surface area contributed by atoms with Gasteiger partial charge < -0.3 is 0 Å². The predicted octanol–water partition coefficient (Wildman–Crippen LogP) is 5.86. The summed E-state index contributed by atoms with van der Waals surface area (Å²) < 4.78 is 0. The second-order valence-corrected chi connectivity index (χ2v) is 5.72. The molecule has 1 atom stereocenters. The first kappa shape index (κ1) is 15.0. The van der Waals surface area contributed by atoms with Crippen LogP contribution in [0.15, 0.2) is 24.3 Å². The van der Waals surface area contributed by atoms with Crippen LogP contribution >= 0.6 is 27.5 Å². The molecule has 0 spiro atoms. The number of unbranched alkanes of at least 4 members (excludes halogenated alkanes) is 3. The topological polar surface area (TPSA) is 0 Å². The summed E-state index contributed by atoms with van der Waals surface area (Å²) in [4.78, 5) is 0. The van der Waals surface area contributed by atoms with Crippen molar-refractivity contribution in [2.45, 2.75) is 45.4 Å². The Morgan fingerprint density at radius 1 is 1.18 bits per heavy atom. The van der Waals surface area contributed by atoms with E-state index < -0.39 is 0 Å². The molecule has 0 aliphatic carbocycles. The van der Waals surface area contributed by atoms with E-state index in [0.29, 0.717) is 5.92 Å². The minimum absolute atomic E-state index is 0.715. The fourth-order valence-electron chi connectivity index (χ4n) is 2.07. The van der Waals surface area contributed by atoms with Crippen LogP contribution in [0.25, 0.3) is 0 Å². The SMILES string of the molecule is CCCCCCC(CBr)Cc1ccccc1Cl. The van der Waals surface area contributed by atoms with Crippen LogP contribution in [-0.4, -0.2) is 5.33 Å². The first-order valence-corrected chi connectivity index (χ1v) is 8.07. The van der Waals surface area contributed by atoms with Crippen LogP contribution < -0.4 is 0 Å². The predicted molar refractivity (Wildman–Crippen MR) is 81.2 cm³/mol. The highest BCUT2D eigenvalue weighted by Crippen LogP contribution is 2.23. The summed E-state index contributed by atoms with van der Waals surface area (Å²) in [5.74, 6) is 0.715.